The Labute approximate surface area is 127 Å². The van der Waals surface area contributed by atoms with Crippen LogP contribution < -0.4 is 4.90 Å². The highest BCUT2D eigenvalue weighted by Gasteiger charge is 2.31. The Balaban J connectivity index is 2.26. The average Bonchev–Trinajstić information content (AvgIpc) is 3.10. The van der Waals surface area contributed by atoms with Crippen LogP contribution >= 0.6 is 0 Å². The molecular weight excluding hydrogens is 286 g/mol. The van der Waals surface area contributed by atoms with Gasteiger partial charge < -0.3 is 9.64 Å². The summed E-state index contributed by atoms with van der Waals surface area (Å²) in [4.78, 5) is 17.4. The van der Waals surface area contributed by atoms with Crippen LogP contribution in [-0.2, 0) is 17.8 Å². The molecule has 0 saturated carbocycles. The predicted molar refractivity (Wildman–Crippen MR) is 81.2 cm³/mol. The molecule has 0 radical (unpaired) electrons. The Morgan fingerprint density at radius 1 is 1.55 bits per heavy atom. The van der Waals surface area contributed by atoms with Gasteiger partial charge in [0.15, 0.2) is 0 Å². The number of rotatable bonds is 5. The highest BCUT2D eigenvalue weighted by molar-refractivity contribution is 5.67. The van der Waals surface area contributed by atoms with E-state index in [1.807, 2.05) is 0 Å². The molecule has 1 aliphatic heterocycles. The molecule has 3 heterocycles. The minimum atomic E-state index is -0.444. The maximum absolute atomic E-state index is 11.2. The lowest BCUT2D eigenvalue weighted by Gasteiger charge is -2.26. The van der Waals surface area contributed by atoms with Crippen molar-refractivity contribution in [3.63, 3.8) is 0 Å². The van der Waals surface area contributed by atoms with Gasteiger partial charge in [-0.3, -0.25) is 10.1 Å². The molecule has 1 unspecified atom stereocenters. The first-order valence-electron chi connectivity index (χ1n) is 7.37. The van der Waals surface area contributed by atoms with Crippen LogP contribution in [-0.4, -0.2) is 39.2 Å². The SMILES string of the molecule is CCC(C)N1CCc2c(COC)nc3c([N+](=O)[O-])cnn3c21. The minimum Gasteiger partial charge on any atom is -0.378 e. The average molecular weight is 305 g/mol. The van der Waals surface area contributed by atoms with Gasteiger partial charge in [0.25, 0.3) is 0 Å². The highest BCUT2D eigenvalue weighted by Crippen LogP contribution is 2.35. The fourth-order valence-corrected chi connectivity index (χ4v) is 2.97. The first-order valence-corrected chi connectivity index (χ1v) is 7.37. The molecule has 0 N–H and O–H groups in total. The van der Waals surface area contributed by atoms with Crippen LogP contribution in [0.15, 0.2) is 6.20 Å². The molecule has 1 atom stereocenters. The molecule has 2 aromatic rings. The summed E-state index contributed by atoms with van der Waals surface area (Å²) in [6.45, 7) is 5.49. The van der Waals surface area contributed by atoms with E-state index in [1.165, 1.54) is 6.20 Å². The third-order valence-electron chi connectivity index (χ3n) is 4.26. The number of nitro groups is 1. The van der Waals surface area contributed by atoms with E-state index in [-0.39, 0.29) is 11.3 Å². The van der Waals surface area contributed by atoms with E-state index in [2.05, 4.69) is 28.8 Å². The summed E-state index contributed by atoms with van der Waals surface area (Å²) in [6, 6.07) is 0.338. The van der Waals surface area contributed by atoms with Gasteiger partial charge >= 0.3 is 5.69 Å². The quantitative estimate of drug-likeness (QED) is 0.620. The summed E-state index contributed by atoms with van der Waals surface area (Å²) in [6.07, 6.45) is 3.12. The number of anilines is 1. The van der Waals surface area contributed by atoms with Crippen molar-refractivity contribution in [2.24, 2.45) is 0 Å². The number of aromatic nitrogens is 3. The maximum atomic E-state index is 11.2. The lowest BCUT2D eigenvalue weighted by Crippen LogP contribution is -2.32. The summed E-state index contributed by atoms with van der Waals surface area (Å²) in [5, 5.41) is 15.4. The summed E-state index contributed by atoms with van der Waals surface area (Å²) in [5.41, 5.74) is 2.05. The van der Waals surface area contributed by atoms with E-state index >= 15 is 0 Å². The molecule has 3 rings (SSSR count). The first kappa shape index (κ1) is 14.7. The second-order valence-corrected chi connectivity index (χ2v) is 5.52. The fourth-order valence-electron chi connectivity index (χ4n) is 2.97. The molecule has 0 aromatic carbocycles. The largest absolute Gasteiger partial charge is 0.378 e. The van der Waals surface area contributed by atoms with Gasteiger partial charge in [0.05, 0.1) is 17.2 Å². The van der Waals surface area contributed by atoms with Crippen molar-refractivity contribution in [1.82, 2.24) is 14.6 Å². The van der Waals surface area contributed by atoms with Crippen molar-refractivity contribution in [2.75, 3.05) is 18.6 Å². The van der Waals surface area contributed by atoms with Crippen molar-refractivity contribution in [1.29, 1.82) is 0 Å². The van der Waals surface area contributed by atoms with Crippen molar-refractivity contribution in [3.05, 3.63) is 27.6 Å². The van der Waals surface area contributed by atoms with Gasteiger partial charge in [-0.25, -0.2) is 4.98 Å². The molecule has 0 amide bonds. The summed E-state index contributed by atoms with van der Waals surface area (Å²) in [7, 11) is 1.60. The van der Waals surface area contributed by atoms with Gasteiger partial charge in [0.2, 0.25) is 5.65 Å². The summed E-state index contributed by atoms with van der Waals surface area (Å²) in [5.74, 6) is 0.916. The Morgan fingerprint density at radius 3 is 2.95 bits per heavy atom. The van der Waals surface area contributed by atoms with Crippen molar-refractivity contribution < 1.29 is 9.66 Å². The first-order chi connectivity index (χ1) is 10.6. The maximum Gasteiger partial charge on any atom is 0.333 e. The molecule has 0 spiro atoms. The van der Waals surface area contributed by atoms with E-state index in [0.29, 0.717) is 12.6 Å². The molecule has 0 fully saturated rings. The molecule has 22 heavy (non-hydrogen) atoms. The normalized spacial score (nSPS) is 15.3. The second-order valence-electron chi connectivity index (χ2n) is 5.52. The molecule has 1 aliphatic rings. The van der Waals surface area contributed by atoms with Crippen molar-refractivity contribution in [2.45, 2.75) is 39.3 Å². The minimum absolute atomic E-state index is 0.0730. The Morgan fingerprint density at radius 2 is 2.32 bits per heavy atom. The monoisotopic (exact) mass is 305 g/mol. The zero-order chi connectivity index (χ0) is 15.9. The number of ether oxygens (including phenoxy) is 1. The standard InChI is InChI=1S/C14H19N5O3/c1-4-9(2)17-6-5-10-11(8-22-3)16-13-12(19(20)21)7-15-18(13)14(10)17/h7,9H,4-6,8H2,1-3H3. The lowest BCUT2D eigenvalue weighted by molar-refractivity contribution is -0.383. The van der Waals surface area contributed by atoms with Gasteiger partial charge in [-0.15, -0.1) is 0 Å². The number of methoxy groups -OCH3 is 1. The zero-order valence-electron chi connectivity index (χ0n) is 12.9. The summed E-state index contributed by atoms with van der Waals surface area (Å²) >= 11 is 0. The number of fused-ring (bicyclic) bond motifs is 3. The van der Waals surface area contributed by atoms with E-state index in [1.54, 1.807) is 11.6 Å². The molecule has 8 nitrogen and oxygen atoms in total. The topological polar surface area (TPSA) is 85.8 Å². The third kappa shape index (κ3) is 2.10. The molecule has 118 valence electrons. The number of nitrogens with zero attached hydrogens (tertiary/aromatic N) is 5. The molecule has 8 heteroatoms. The van der Waals surface area contributed by atoms with Gasteiger partial charge in [-0.05, 0) is 19.8 Å². The van der Waals surface area contributed by atoms with Crippen molar-refractivity contribution in [3.8, 4) is 0 Å². The number of hydrogen-bond acceptors (Lipinski definition) is 6. The van der Waals surface area contributed by atoms with Gasteiger partial charge in [0, 0.05) is 25.3 Å². The van der Waals surface area contributed by atoms with E-state index < -0.39 is 4.92 Å². The Kier molecular flexibility index (Phi) is 3.69. The molecule has 0 saturated heterocycles. The zero-order valence-corrected chi connectivity index (χ0v) is 12.9. The molecule has 0 bridgehead atoms. The number of hydrogen-bond donors (Lipinski definition) is 0. The van der Waals surface area contributed by atoms with Crippen LogP contribution in [0.2, 0.25) is 0 Å². The smallest absolute Gasteiger partial charge is 0.333 e. The van der Waals surface area contributed by atoms with Crippen LogP contribution in [0, 0.1) is 10.1 Å². The Hall–Kier alpha value is -2.22. The van der Waals surface area contributed by atoms with Crippen molar-refractivity contribution >= 4 is 17.2 Å². The second kappa shape index (κ2) is 5.53. The van der Waals surface area contributed by atoms with Gasteiger partial charge in [-0.1, -0.05) is 6.92 Å². The van der Waals surface area contributed by atoms with E-state index in [4.69, 9.17) is 4.74 Å². The fraction of sp³-hybridized carbons (Fsp3) is 0.571. The van der Waals surface area contributed by atoms with E-state index in [9.17, 15) is 10.1 Å². The van der Waals surface area contributed by atoms with Gasteiger partial charge in [-0.2, -0.15) is 9.61 Å². The molecular formula is C14H19N5O3. The van der Waals surface area contributed by atoms with Crippen LogP contribution in [0.5, 0.6) is 0 Å². The summed E-state index contributed by atoms with van der Waals surface area (Å²) < 4.78 is 6.82. The van der Waals surface area contributed by atoms with Crippen LogP contribution in [0.1, 0.15) is 31.5 Å². The van der Waals surface area contributed by atoms with Crippen LogP contribution in [0.25, 0.3) is 5.65 Å². The molecule has 0 aliphatic carbocycles. The van der Waals surface area contributed by atoms with Crippen LogP contribution in [0.3, 0.4) is 0 Å². The lowest BCUT2D eigenvalue weighted by atomic mass is 10.2. The van der Waals surface area contributed by atoms with Crippen LogP contribution in [0.4, 0.5) is 11.5 Å². The third-order valence-corrected chi connectivity index (χ3v) is 4.26. The van der Waals surface area contributed by atoms with E-state index in [0.717, 1.165) is 36.5 Å². The highest BCUT2D eigenvalue weighted by atomic mass is 16.6. The Bertz CT molecular complexity index is 727. The van der Waals surface area contributed by atoms with Gasteiger partial charge in [0.1, 0.15) is 12.0 Å². The predicted octanol–water partition coefficient (Wildman–Crippen LogP) is 1.94. The molecule has 2 aromatic heterocycles.